The molecule has 2 bridgehead atoms. The number of aliphatic hydroxyl groups excluding tert-OH is 1. The van der Waals surface area contributed by atoms with Gasteiger partial charge in [-0.25, -0.2) is 0 Å². The van der Waals surface area contributed by atoms with Gasteiger partial charge in [0.2, 0.25) is 5.91 Å². The molecule has 8 nitrogen and oxygen atoms in total. The fraction of sp³-hybridized carbons (Fsp3) is 0.812. The first kappa shape index (κ1) is 18.8. The maximum absolute atomic E-state index is 12.6. The van der Waals surface area contributed by atoms with Crippen molar-refractivity contribution in [2.75, 3.05) is 26.7 Å². The summed E-state index contributed by atoms with van der Waals surface area (Å²) in [6.07, 6.45) is 2.95. The Kier molecular flexibility index (Phi) is 7.14. The minimum absolute atomic E-state index is 0.0396. The molecule has 136 valence electrons. The van der Waals surface area contributed by atoms with Crippen LogP contribution < -0.4 is 5.32 Å². The van der Waals surface area contributed by atoms with Crippen LogP contribution in [0.25, 0.3) is 0 Å². The zero-order valence-corrected chi connectivity index (χ0v) is 14.8. The van der Waals surface area contributed by atoms with Crippen molar-refractivity contribution in [1.29, 1.82) is 0 Å². The van der Waals surface area contributed by atoms with E-state index < -0.39 is 0 Å². The number of aryl methyl sites for hydroxylation is 1. The van der Waals surface area contributed by atoms with E-state index in [-0.39, 0.29) is 30.6 Å². The summed E-state index contributed by atoms with van der Waals surface area (Å²) in [6.45, 7) is 6.21. The summed E-state index contributed by atoms with van der Waals surface area (Å²) >= 11 is 0. The van der Waals surface area contributed by atoms with Gasteiger partial charge in [0.15, 0.2) is 0 Å². The fourth-order valence-electron chi connectivity index (χ4n) is 2.92. The van der Waals surface area contributed by atoms with E-state index in [1.807, 2.05) is 20.2 Å². The molecule has 1 aromatic rings. The molecule has 0 saturated carbocycles. The maximum Gasteiger partial charge on any atom is 0.222 e. The second-order valence-electron chi connectivity index (χ2n) is 6.54. The average molecular weight is 339 g/mol. The van der Waals surface area contributed by atoms with Crippen molar-refractivity contribution in [2.24, 2.45) is 5.92 Å². The van der Waals surface area contributed by atoms with Gasteiger partial charge in [0.25, 0.3) is 0 Å². The first-order chi connectivity index (χ1) is 11.5. The number of amides is 1. The van der Waals surface area contributed by atoms with Gasteiger partial charge >= 0.3 is 0 Å². The van der Waals surface area contributed by atoms with E-state index in [9.17, 15) is 9.90 Å². The van der Waals surface area contributed by atoms with Crippen molar-refractivity contribution in [1.82, 2.24) is 25.2 Å². The lowest BCUT2D eigenvalue weighted by Gasteiger charge is -2.33. The van der Waals surface area contributed by atoms with E-state index >= 15 is 0 Å². The first-order valence-electron chi connectivity index (χ1n) is 8.60. The Morgan fingerprint density at radius 3 is 3.04 bits per heavy atom. The summed E-state index contributed by atoms with van der Waals surface area (Å²) in [5.41, 5.74) is 0.800. The molecular formula is C16H29N5O3. The quantitative estimate of drug-likeness (QED) is 0.804. The number of fused-ring (bicyclic) bond motifs is 2. The number of likely N-dealkylation sites (N-methyl/N-ethyl adjacent to an activating group) is 1. The normalized spacial score (nSPS) is 24.8. The first-order valence-corrected chi connectivity index (χ1v) is 8.60. The van der Waals surface area contributed by atoms with Crippen LogP contribution in [0.1, 0.15) is 32.4 Å². The summed E-state index contributed by atoms with van der Waals surface area (Å²) in [5.74, 6) is 0.192. The van der Waals surface area contributed by atoms with E-state index in [0.29, 0.717) is 39.1 Å². The third kappa shape index (κ3) is 4.99. The van der Waals surface area contributed by atoms with Gasteiger partial charge < -0.3 is 20.1 Å². The van der Waals surface area contributed by atoms with Crippen LogP contribution in [-0.2, 0) is 22.7 Å². The zero-order valence-electron chi connectivity index (χ0n) is 14.8. The Bertz CT molecular complexity index is 522. The third-order valence-electron chi connectivity index (χ3n) is 4.45. The second kappa shape index (κ2) is 9.10. The van der Waals surface area contributed by atoms with Crippen molar-refractivity contribution < 1.29 is 14.6 Å². The van der Waals surface area contributed by atoms with Crippen LogP contribution in [0.4, 0.5) is 0 Å². The molecule has 1 aliphatic rings. The average Bonchev–Trinajstić information content (AvgIpc) is 3.02. The molecule has 0 spiro atoms. The smallest absolute Gasteiger partial charge is 0.222 e. The van der Waals surface area contributed by atoms with E-state index in [4.69, 9.17) is 4.74 Å². The Morgan fingerprint density at radius 1 is 1.54 bits per heavy atom. The van der Waals surface area contributed by atoms with E-state index in [2.05, 4.69) is 22.6 Å². The molecular weight excluding hydrogens is 310 g/mol. The van der Waals surface area contributed by atoms with Crippen molar-refractivity contribution in [2.45, 2.75) is 52.0 Å². The predicted octanol–water partition coefficient (Wildman–Crippen LogP) is 0.0220. The minimum Gasteiger partial charge on any atom is -0.394 e. The van der Waals surface area contributed by atoms with Crippen molar-refractivity contribution in [3.63, 3.8) is 0 Å². The lowest BCUT2D eigenvalue weighted by atomic mass is 10.0. The molecule has 0 aliphatic carbocycles. The molecule has 1 amide bonds. The molecule has 1 aromatic heterocycles. The number of carbonyl (C=O) groups is 1. The predicted molar refractivity (Wildman–Crippen MR) is 89.2 cm³/mol. The second-order valence-corrected chi connectivity index (χ2v) is 6.54. The van der Waals surface area contributed by atoms with Crippen LogP contribution in [0.2, 0.25) is 0 Å². The number of aliphatic hydroxyl groups is 1. The summed E-state index contributed by atoms with van der Waals surface area (Å²) < 4.78 is 7.77. The molecule has 0 aromatic carbocycles. The third-order valence-corrected chi connectivity index (χ3v) is 4.45. The molecule has 8 heteroatoms. The van der Waals surface area contributed by atoms with Gasteiger partial charge in [0.05, 0.1) is 31.6 Å². The van der Waals surface area contributed by atoms with Crippen molar-refractivity contribution in [3.05, 3.63) is 11.9 Å². The number of carbonyl (C=O) groups excluding carboxylic acids is 1. The van der Waals surface area contributed by atoms with Gasteiger partial charge in [0.1, 0.15) is 5.69 Å². The van der Waals surface area contributed by atoms with Gasteiger partial charge in [-0.15, -0.1) is 5.10 Å². The van der Waals surface area contributed by atoms with Gasteiger partial charge in [-0.05, 0) is 20.4 Å². The van der Waals surface area contributed by atoms with Crippen LogP contribution in [0.5, 0.6) is 0 Å². The van der Waals surface area contributed by atoms with Gasteiger partial charge in [0, 0.05) is 32.0 Å². The number of hydrogen-bond acceptors (Lipinski definition) is 6. The number of nitrogens with one attached hydrogen (secondary N) is 1. The Hall–Kier alpha value is -1.51. The molecule has 2 N–H and O–H groups in total. The lowest BCUT2D eigenvalue weighted by Crippen LogP contribution is -2.46. The van der Waals surface area contributed by atoms with Gasteiger partial charge in [-0.2, -0.15) is 0 Å². The van der Waals surface area contributed by atoms with Gasteiger partial charge in [-0.1, -0.05) is 12.1 Å². The molecule has 24 heavy (non-hydrogen) atoms. The largest absolute Gasteiger partial charge is 0.394 e. The van der Waals surface area contributed by atoms with E-state index in [0.717, 1.165) is 5.69 Å². The molecule has 0 fully saturated rings. The highest BCUT2D eigenvalue weighted by molar-refractivity contribution is 5.76. The van der Waals surface area contributed by atoms with Crippen LogP contribution >= 0.6 is 0 Å². The molecule has 2 heterocycles. The van der Waals surface area contributed by atoms with Gasteiger partial charge in [-0.3, -0.25) is 9.48 Å². The summed E-state index contributed by atoms with van der Waals surface area (Å²) in [7, 11) is 1.88. The number of ether oxygens (including phenoxy) is 1. The molecule has 0 radical (unpaired) electrons. The van der Waals surface area contributed by atoms with Crippen molar-refractivity contribution >= 4 is 5.91 Å². The molecule has 3 atom stereocenters. The highest BCUT2D eigenvalue weighted by Crippen LogP contribution is 2.16. The number of rotatable bonds is 4. The monoisotopic (exact) mass is 339 g/mol. The Balaban J connectivity index is 2.18. The topological polar surface area (TPSA) is 92.5 Å². The SMILES string of the molecule is CNC[C@@H]1OCc2cn(nn2)CCCC(=O)N([C@@H](C)CO)C[C@H]1C. The van der Waals surface area contributed by atoms with E-state index in [1.54, 1.807) is 9.58 Å². The summed E-state index contributed by atoms with van der Waals surface area (Å²) in [6, 6.07) is -0.197. The maximum atomic E-state index is 12.6. The molecule has 0 saturated heterocycles. The Morgan fingerprint density at radius 2 is 2.33 bits per heavy atom. The highest BCUT2D eigenvalue weighted by Gasteiger charge is 2.26. The fourth-order valence-corrected chi connectivity index (χ4v) is 2.92. The van der Waals surface area contributed by atoms with Crippen LogP contribution in [0, 0.1) is 5.92 Å². The minimum atomic E-state index is -0.197. The molecule has 0 unspecified atom stereocenters. The number of nitrogens with zero attached hydrogens (tertiary/aromatic N) is 4. The van der Waals surface area contributed by atoms with Crippen molar-refractivity contribution in [3.8, 4) is 0 Å². The van der Waals surface area contributed by atoms with Crippen LogP contribution in [0.15, 0.2) is 6.20 Å². The summed E-state index contributed by atoms with van der Waals surface area (Å²) in [4.78, 5) is 14.4. The summed E-state index contributed by atoms with van der Waals surface area (Å²) in [5, 5.41) is 20.8. The lowest BCUT2D eigenvalue weighted by molar-refractivity contribution is -0.136. The standard InChI is InChI=1S/C16H29N5O3/c1-12-8-21(13(2)10-22)16(23)5-4-6-20-9-14(18-19-20)11-24-15(12)7-17-3/h9,12-13,15,17,22H,4-8,10-11H2,1-3H3/t12-,13+,15+/m1/s1. The van der Waals surface area contributed by atoms with Crippen LogP contribution in [0.3, 0.4) is 0 Å². The number of hydrogen-bond donors (Lipinski definition) is 2. The van der Waals surface area contributed by atoms with Crippen LogP contribution in [-0.4, -0.2) is 69.8 Å². The highest BCUT2D eigenvalue weighted by atomic mass is 16.5. The number of aromatic nitrogens is 3. The molecule has 2 rings (SSSR count). The zero-order chi connectivity index (χ0) is 17.5. The Labute approximate surface area is 143 Å². The molecule has 1 aliphatic heterocycles. The van der Waals surface area contributed by atoms with E-state index in [1.165, 1.54) is 0 Å².